The second-order valence-corrected chi connectivity index (χ2v) is 4.56. The summed E-state index contributed by atoms with van der Waals surface area (Å²) in [5.74, 6) is -1.58. The third kappa shape index (κ3) is 7.06. The fourth-order valence-corrected chi connectivity index (χ4v) is 1.15. The lowest BCUT2D eigenvalue weighted by atomic mass is 10.1. The van der Waals surface area contributed by atoms with Gasteiger partial charge in [0.15, 0.2) is 0 Å². The second kappa shape index (κ2) is 4.73. The summed E-state index contributed by atoms with van der Waals surface area (Å²) in [7, 11) is 0. The van der Waals surface area contributed by atoms with Gasteiger partial charge in [0.1, 0.15) is 13.0 Å². The number of hydrogen-bond acceptors (Lipinski definition) is 1. The van der Waals surface area contributed by atoms with Gasteiger partial charge < -0.3 is 4.90 Å². The number of carbonyl (C=O) groups excluding carboxylic acids is 1. The van der Waals surface area contributed by atoms with Crippen LogP contribution in [0.15, 0.2) is 0 Å². The molecule has 0 aliphatic carbocycles. The molecule has 0 unspecified atom stereocenters. The zero-order valence-corrected chi connectivity index (χ0v) is 9.54. The van der Waals surface area contributed by atoms with Crippen molar-refractivity contribution in [1.82, 2.24) is 4.90 Å². The van der Waals surface area contributed by atoms with Gasteiger partial charge in [0.25, 0.3) is 0 Å². The first-order valence-electron chi connectivity index (χ1n) is 4.66. The number of nitrogens with zero attached hydrogens (tertiary/aromatic N) is 1. The van der Waals surface area contributed by atoms with Crippen LogP contribution in [0.2, 0.25) is 0 Å². The van der Waals surface area contributed by atoms with Crippen LogP contribution in [-0.4, -0.2) is 35.2 Å². The molecule has 0 aromatic heterocycles. The van der Waals surface area contributed by atoms with Crippen molar-refractivity contribution in [2.45, 2.75) is 45.1 Å². The van der Waals surface area contributed by atoms with E-state index >= 15 is 0 Å². The summed E-state index contributed by atoms with van der Waals surface area (Å²) in [4.78, 5) is 11.4. The number of amides is 1. The van der Waals surface area contributed by atoms with Gasteiger partial charge in [-0.1, -0.05) is 0 Å². The molecule has 0 saturated heterocycles. The van der Waals surface area contributed by atoms with Crippen molar-refractivity contribution >= 4 is 5.91 Å². The van der Waals surface area contributed by atoms with Crippen LogP contribution in [-0.2, 0) is 4.79 Å². The minimum absolute atomic E-state index is 0.181. The van der Waals surface area contributed by atoms with E-state index in [4.69, 9.17) is 0 Å². The van der Waals surface area contributed by atoms with Crippen LogP contribution in [0.3, 0.4) is 0 Å². The van der Waals surface area contributed by atoms with Crippen molar-refractivity contribution < 1.29 is 31.1 Å². The molecule has 0 spiro atoms. The van der Waals surface area contributed by atoms with Crippen molar-refractivity contribution in [3.05, 3.63) is 0 Å². The summed E-state index contributed by atoms with van der Waals surface area (Å²) in [6, 6.07) is 0. The van der Waals surface area contributed by atoms with Crippen LogP contribution in [0.1, 0.15) is 27.2 Å². The van der Waals surface area contributed by atoms with E-state index in [-0.39, 0.29) is 4.90 Å². The molecule has 1 amide bonds. The molecule has 0 radical (unpaired) electrons. The van der Waals surface area contributed by atoms with Gasteiger partial charge in [-0.3, -0.25) is 4.79 Å². The quantitative estimate of drug-likeness (QED) is 0.702. The van der Waals surface area contributed by atoms with Crippen LogP contribution in [0.25, 0.3) is 0 Å². The van der Waals surface area contributed by atoms with E-state index in [1.807, 2.05) is 0 Å². The Labute approximate surface area is 94.6 Å². The van der Waals surface area contributed by atoms with Crippen LogP contribution >= 0.6 is 0 Å². The lowest BCUT2D eigenvalue weighted by Gasteiger charge is -2.36. The SMILES string of the molecule is CC(C)(C)N(CC(F)(F)F)C(=O)CC(F)(F)F. The first kappa shape index (κ1) is 16.1. The summed E-state index contributed by atoms with van der Waals surface area (Å²) in [5, 5.41) is 0. The van der Waals surface area contributed by atoms with Crippen molar-refractivity contribution in [3.63, 3.8) is 0 Å². The number of halogens is 6. The number of rotatable bonds is 2. The Morgan fingerprint density at radius 3 is 1.59 bits per heavy atom. The fraction of sp³-hybridized carbons (Fsp3) is 0.889. The third-order valence-corrected chi connectivity index (χ3v) is 1.80. The normalized spacial score (nSPS) is 13.7. The third-order valence-electron chi connectivity index (χ3n) is 1.80. The average Bonchev–Trinajstić information content (AvgIpc) is 1.92. The monoisotopic (exact) mass is 265 g/mol. The predicted molar refractivity (Wildman–Crippen MR) is 48.2 cm³/mol. The molecule has 0 fully saturated rings. The van der Waals surface area contributed by atoms with E-state index in [0.717, 1.165) is 0 Å². The Morgan fingerprint density at radius 2 is 1.35 bits per heavy atom. The Bertz CT molecular complexity index is 275. The summed E-state index contributed by atoms with van der Waals surface area (Å²) >= 11 is 0. The summed E-state index contributed by atoms with van der Waals surface area (Å²) in [6.07, 6.45) is -11.4. The van der Waals surface area contributed by atoms with E-state index in [1.165, 1.54) is 20.8 Å². The highest BCUT2D eigenvalue weighted by atomic mass is 19.4. The first-order valence-corrected chi connectivity index (χ1v) is 4.66. The van der Waals surface area contributed by atoms with E-state index in [0.29, 0.717) is 0 Å². The van der Waals surface area contributed by atoms with E-state index in [9.17, 15) is 31.1 Å². The maximum atomic E-state index is 12.2. The van der Waals surface area contributed by atoms with Gasteiger partial charge in [0, 0.05) is 5.54 Å². The lowest BCUT2D eigenvalue weighted by Crippen LogP contribution is -2.51. The molecule has 0 bridgehead atoms. The minimum Gasteiger partial charge on any atom is -0.328 e. The largest absolute Gasteiger partial charge is 0.406 e. The van der Waals surface area contributed by atoms with Gasteiger partial charge in [-0.15, -0.1) is 0 Å². The molecular weight excluding hydrogens is 252 g/mol. The van der Waals surface area contributed by atoms with Gasteiger partial charge in [0.05, 0.1) is 0 Å². The number of hydrogen-bond donors (Lipinski definition) is 0. The van der Waals surface area contributed by atoms with Crippen molar-refractivity contribution in [2.75, 3.05) is 6.54 Å². The maximum Gasteiger partial charge on any atom is 0.406 e. The second-order valence-electron chi connectivity index (χ2n) is 4.56. The molecule has 102 valence electrons. The molecule has 17 heavy (non-hydrogen) atoms. The summed E-state index contributed by atoms with van der Waals surface area (Å²) in [6.45, 7) is 2.04. The zero-order valence-electron chi connectivity index (χ0n) is 9.54. The maximum absolute atomic E-state index is 12.2. The van der Waals surface area contributed by atoms with Gasteiger partial charge in [0.2, 0.25) is 5.91 Å². The Morgan fingerprint density at radius 1 is 0.941 bits per heavy atom. The van der Waals surface area contributed by atoms with Gasteiger partial charge >= 0.3 is 12.4 Å². The molecule has 2 nitrogen and oxygen atoms in total. The molecule has 0 aromatic rings. The predicted octanol–water partition coefficient (Wildman–Crippen LogP) is 3.13. The Kier molecular flexibility index (Phi) is 4.47. The van der Waals surface area contributed by atoms with Gasteiger partial charge in [-0.05, 0) is 20.8 Å². The van der Waals surface area contributed by atoms with E-state index < -0.39 is 36.8 Å². The average molecular weight is 265 g/mol. The molecule has 0 saturated carbocycles. The Balaban J connectivity index is 4.90. The highest BCUT2D eigenvalue weighted by Gasteiger charge is 2.41. The van der Waals surface area contributed by atoms with Crippen LogP contribution < -0.4 is 0 Å². The van der Waals surface area contributed by atoms with Crippen LogP contribution in [0.4, 0.5) is 26.3 Å². The molecule has 0 aliphatic heterocycles. The smallest absolute Gasteiger partial charge is 0.328 e. The number of carbonyl (C=O) groups is 1. The minimum atomic E-state index is -4.81. The molecule has 0 rings (SSSR count). The van der Waals surface area contributed by atoms with E-state index in [1.54, 1.807) is 0 Å². The van der Waals surface area contributed by atoms with Gasteiger partial charge in [-0.2, -0.15) is 26.3 Å². The van der Waals surface area contributed by atoms with Gasteiger partial charge in [-0.25, -0.2) is 0 Å². The summed E-state index contributed by atoms with van der Waals surface area (Å²) < 4.78 is 72.3. The van der Waals surface area contributed by atoms with Crippen molar-refractivity contribution in [3.8, 4) is 0 Å². The first-order chi connectivity index (χ1) is 7.22. The van der Waals surface area contributed by atoms with Crippen LogP contribution in [0.5, 0.6) is 0 Å². The zero-order chi connectivity index (χ0) is 14.1. The molecule has 8 heteroatoms. The number of alkyl halides is 6. The van der Waals surface area contributed by atoms with E-state index in [2.05, 4.69) is 0 Å². The fourth-order valence-electron chi connectivity index (χ4n) is 1.15. The molecule has 0 heterocycles. The molecule has 0 aliphatic rings. The molecule has 0 N–H and O–H groups in total. The van der Waals surface area contributed by atoms with Crippen molar-refractivity contribution in [2.24, 2.45) is 0 Å². The highest BCUT2D eigenvalue weighted by molar-refractivity contribution is 5.77. The van der Waals surface area contributed by atoms with Crippen LogP contribution in [0, 0.1) is 0 Å². The standard InChI is InChI=1S/C9H13F6NO/c1-7(2,3)16(5-9(13,14)15)6(17)4-8(10,11)12/h4-5H2,1-3H3. The lowest BCUT2D eigenvalue weighted by molar-refractivity contribution is -0.184. The topological polar surface area (TPSA) is 20.3 Å². The molecule has 0 aromatic carbocycles. The summed E-state index contributed by atoms with van der Waals surface area (Å²) in [5.41, 5.74) is -1.32. The highest BCUT2D eigenvalue weighted by Crippen LogP contribution is 2.27. The molecular formula is C9H13F6NO. The Hall–Kier alpha value is -0.950. The van der Waals surface area contributed by atoms with Crippen molar-refractivity contribution in [1.29, 1.82) is 0 Å². The molecule has 0 atom stereocenters.